The molecule has 0 saturated carbocycles. The molecule has 0 aliphatic carbocycles. The Morgan fingerprint density at radius 1 is 1.40 bits per heavy atom. The van der Waals surface area contributed by atoms with Crippen LogP contribution < -0.4 is 0 Å². The minimum Gasteiger partial charge on any atom is -0.333 e. The Hall–Kier alpha value is -1.10. The first-order valence-electron chi connectivity index (χ1n) is 4.87. The van der Waals surface area contributed by atoms with Gasteiger partial charge < -0.3 is 4.57 Å². The van der Waals surface area contributed by atoms with Gasteiger partial charge in [-0.25, -0.2) is 4.98 Å². The summed E-state index contributed by atoms with van der Waals surface area (Å²) in [5, 5.41) is 4.23. The molecule has 0 spiro atoms. The maximum atomic E-state index is 4.29. The highest BCUT2D eigenvalue weighted by atomic mass is 79.9. The van der Waals surface area contributed by atoms with Gasteiger partial charge in [0.15, 0.2) is 0 Å². The van der Waals surface area contributed by atoms with E-state index in [0.717, 1.165) is 28.8 Å². The van der Waals surface area contributed by atoms with Crippen molar-refractivity contribution in [3.05, 3.63) is 34.6 Å². The van der Waals surface area contributed by atoms with E-state index in [4.69, 9.17) is 0 Å². The van der Waals surface area contributed by atoms with Gasteiger partial charge in [-0.05, 0) is 22.4 Å². The largest absolute Gasteiger partial charge is 0.333 e. The molecular formula is C10H13BrN4. The molecular weight excluding hydrogens is 256 g/mol. The molecule has 0 fully saturated rings. The maximum absolute atomic E-state index is 4.29. The van der Waals surface area contributed by atoms with Crippen molar-refractivity contribution in [2.75, 3.05) is 0 Å². The van der Waals surface area contributed by atoms with Crippen LogP contribution in [0.3, 0.4) is 0 Å². The van der Waals surface area contributed by atoms with Crippen molar-refractivity contribution in [1.29, 1.82) is 0 Å². The normalized spacial score (nSPS) is 10.9. The third kappa shape index (κ3) is 2.28. The Morgan fingerprint density at radius 3 is 2.73 bits per heavy atom. The summed E-state index contributed by atoms with van der Waals surface area (Å²) in [5.41, 5.74) is 2.28. The number of hydrogen-bond acceptors (Lipinski definition) is 2. The summed E-state index contributed by atoms with van der Waals surface area (Å²) in [4.78, 5) is 4.29. The second kappa shape index (κ2) is 4.18. The van der Waals surface area contributed by atoms with E-state index >= 15 is 0 Å². The lowest BCUT2D eigenvalue weighted by molar-refractivity contribution is 0.758. The highest BCUT2D eigenvalue weighted by Gasteiger charge is 2.05. The number of rotatable bonds is 3. The molecule has 0 amide bonds. The van der Waals surface area contributed by atoms with Crippen LogP contribution in [0.5, 0.6) is 0 Å². The fourth-order valence-corrected chi connectivity index (χ4v) is 1.97. The molecule has 2 aromatic rings. The minimum atomic E-state index is 0.807. The van der Waals surface area contributed by atoms with Crippen molar-refractivity contribution in [1.82, 2.24) is 19.3 Å². The van der Waals surface area contributed by atoms with E-state index in [1.54, 1.807) is 4.68 Å². The number of aryl methyl sites for hydroxylation is 2. The Labute approximate surface area is 97.1 Å². The van der Waals surface area contributed by atoms with Gasteiger partial charge in [0.25, 0.3) is 0 Å². The maximum Gasteiger partial charge on any atom is 0.133 e. The van der Waals surface area contributed by atoms with Crippen LogP contribution in [0.25, 0.3) is 0 Å². The first-order valence-corrected chi connectivity index (χ1v) is 5.67. The Morgan fingerprint density at radius 2 is 2.20 bits per heavy atom. The number of nitrogens with zero attached hydrogens (tertiary/aromatic N) is 4. The summed E-state index contributed by atoms with van der Waals surface area (Å²) < 4.78 is 4.77. The molecule has 0 aliphatic heterocycles. The zero-order chi connectivity index (χ0) is 10.8. The number of hydrogen-bond donors (Lipinski definition) is 0. The molecule has 0 aliphatic rings. The third-order valence-electron chi connectivity index (χ3n) is 2.26. The molecule has 0 unspecified atom stereocenters. The van der Waals surface area contributed by atoms with Gasteiger partial charge in [0, 0.05) is 25.0 Å². The Kier molecular flexibility index (Phi) is 2.90. The fourth-order valence-electron chi connectivity index (χ4n) is 1.49. The van der Waals surface area contributed by atoms with Crippen LogP contribution in [0, 0.1) is 0 Å². The van der Waals surface area contributed by atoms with E-state index in [-0.39, 0.29) is 0 Å². The van der Waals surface area contributed by atoms with E-state index in [2.05, 4.69) is 43.7 Å². The predicted molar refractivity (Wildman–Crippen MR) is 61.6 cm³/mol. The Balaban J connectivity index is 2.17. The highest BCUT2D eigenvalue weighted by molar-refractivity contribution is 9.10. The molecule has 0 N–H and O–H groups in total. The zero-order valence-electron chi connectivity index (χ0n) is 8.81. The second-order valence-corrected chi connectivity index (χ2v) is 4.26. The zero-order valence-corrected chi connectivity index (χ0v) is 10.4. The molecule has 2 heterocycles. The fraction of sp³-hybridized carbons (Fsp3) is 0.400. The molecule has 0 bridgehead atoms. The van der Waals surface area contributed by atoms with E-state index in [1.807, 2.05) is 19.6 Å². The topological polar surface area (TPSA) is 35.6 Å². The molecule has 5 heteroatoms. The van der Waals surface area contributed by atoms with Gasteiger partial charge in [-0.2, -0.15) is 5.10 Å². The summed E-state index contributed by atoms with van der Waals surface area (Å²) in [7, 11) is 1.92. The molecule has 0 saturated heterocycles. The van der Waals surface area contributed by atoms with Crippen LogP contribution in [0.15, 0.2) is 23.3 Å². The van der Waals surface area contributed by atoms with E-state index in [1.165, 1.54) is 0 Å². The smallest absolute Gasteiger partial charge is 0.133 e. The van der Waals surface area contributed by atoms with Crippen LogP contribution in [0.2, 0.25) is 0 Å². The van der Waals surface area contributed by atoms with Crippen molar-refractivity contribution in [3.8, 4) is 0 Å². The van der Waals surface area contributed by atoms with Gasteiger partial charge in [0.1, 0.15) is 4.60 Å². The molecule has 0 aromatic carbocycles. The van der Waals surface area contributed by atoms with Crippen molar-refractivity contribution >= 4 is 15.9 Å². The van der Waals surface area contributed by atoms with Gasteiger partial charge >= 0.3 is 0 Å². The van der Waals surface area contributed by atoms with Gasteiger partial charge in [-0.15, -0.1) is 0 Å². The van der Waals surface area contributed by atoms with Gasteiger partial charge in [-0.3, -0.25) is 4.68 Å². The van der Waals surface area contributed by atoms with Gasteiger partial charge in [0.2, 0.25) is 0 Å². The monoisotopic (exact) mass is 268 g/mol. The average molecular weight is 269 g/mol. The highest BCUT2D eigenvalue weighted by Crippen LogP contribution is 2.15. The average Bonchev–Trinajstić information content (AvgIpc) is 2.75. The summed E-state index contributed by atoms with van der Waals surface area (Å²) in [6.07, 6.45) is 6.91. The van der Waals surface area contributed by atoms with Crippen molar-refractivity contribution in [2.45, 2.75) is 19.9 Å². The molecule has 80 valence electrons. The van der Waals surface area contributed by atoms with Crippen molar-refractivity contribution in [3.63, 3.8) is 0 Å². The molecule has 0 radical (unpaired) electrons. The van der Waals surface area contributed by atoms with Crippen molar-refractivity contribution in [2.24, 2.45) is 7.05 Å². The van der Waals surface area contributed by atoms with Crippen LogP contribution in [-0.4, -0.2) is 19.3 Å². The molecule has 2 aromatic heterocycles. The van der Waals surface area contributed by atoms with E-state index < -0.39 is 0 Å². The van der Waals surface area contributed by atoms with E-state index in [0.29, 0.717) is 0 Å². The second-order valence-electron chi connectivity index (χ2n) is 3.51. The molecule has 4 nitrogen and oxygen atoms in total. The molecule has 0 atom stereocenters. The molecule has 2 rings (SSSR count). The lowest BCUT2D eigenvalue weighted by atomic mass is 10.3. The first kappa shape index (κ1) is 10.4. The number of halogens is 1. The summed E-state index contributed by atoms with van der Waals surface area (Å²) >= 11 is 3.43. The Bertz CT molecular complexity index is 458. The lowest BCUT2D eigenvalue weighted by Crippen LogP contribution is -1.95. The van der Waals surface area contributed by atoms with Crippen molar-refractivity contribution < 1.29 is 0 Å². The standard InChI is InChI=1S/C10H13BrN4/c1-3-9-6-15(7-12-9)5-8-4-14(2)13-10(8)11/h4,6-7H,3,5H2,1-2H3. The number of aromatic nitrogens is 4. The van der Waals surface area contributed by atoms with Crippen LogP contribution in [0.1, 0.15) is 18.2 Å². The third-order valence-corrected chi connectivity index (χ3v) is 2.92. The van der Waals surface area contributed by atoms with Gasteiger partial charge in [-0.1, -0.05) is 6.92 Å². The SMILES string of the molecule is CCc1cn(Cc2cn(C)nc2Br)cn1. The first-order chi connectivity index (χ1) is 7.19. The number of imidazole rings is 1. The molecule has 15 heavy (non-hydrogen) atoms. The lowest BCUT2D eigenvalue weighted by Gasteiger charge is -1.98. The summed E-state index contributed by atoms with van der Waals surface area (Å²) in [6, 6.07) is 0. The predicted octanol–water partition coefficient (Wildman–Crippen LogP) is 1.99. The summed E-state index contributed by atoms with van der Waals surface area (Å²) in [6.45, 7) is 2.91. The van der Waals surface area contributed by atoms with Crippen LogP contribution >= 0.6 is 15.9 Å². The van der Waals surface area contributed by atoms with Gasteiger partial charge in [0.05, 0.1) is 18.6 Å². The summed E-state index contributed by atoms with van der Waals surface area (Å²) in [5.74, 6) is 0. The van der Waals surface area contributed by atoms with Crippen LogP contribution in [-0.2, 0) is 20.0 Å². The minimum absolute atomic E-state index is 0.807. The van der Waals surface area contributed by atoms with E-state index in [9.17, 15) is 0 Å². The quantitative estimate of drug-likeness (QED) is 0.854. The van der Waals surface area contributed by atoms with Crippen LogP contribution in [0.4, 0.5) is 0 Å².